The fourth-order valence-corrected chi connectivity index (χ4v) is 2.49. The number of amides is 1. The van der Waals surface area contributed by atoms with Gasteiger partial charge in [-0.05, 0) is 18.3 Å². The molecule has 1 aliphatic heterocycles. The van der Waals surface area contributed by atoms with Gasteiger partial charge in [-0.2, -0.15) is 4.89 Å². The fourth-order valence-electron chi connectivity index (χ4n) is 2.49. The van der Waals surface area contributed by atoms with Crippen LogP contribution in [-0.2, 0) is 16.3 Å². The van der Waals surface area contributed by atoms with Crippen molar-refractivity contribution in [3.05, 3.63) is 29.3 Å². The van der Waals surface area contributed by atoms with E-state index in [0.717, 1.165) is 24.3 Å². The van der Waals surface area contributed by atoms with Gasteiger partial charge in [0, 0.05) is 24.1 Å². The van der Waals surface area contributed by atoms with Crippen LogP contribution < -0.4 is 10.2 Å². The molecule has 96 valence electrons. The first-order chi connectivity index (χ1) is 8.79. The van der Waals surface area contributed by atoms with Gasteiger partial charge in [0.15, 0.2) is 5.75 Å². The zero-order valence-corrected chi connectivity index (χ0v) is 10.4. The van der Waals surface area contributed by atoms with Crippen LogP contribution in [0.3, 0.4) is 0 Å². The smallest absolute Gasteiger partial charge is 0.219 e. The second-order valence-electron chi connectivity index (χ2n) is 4.94. The standard InChI is InChI=1S/C14H17NO3/c1-2-13(16)15-7-10-6-12(10)11-5-3-4-9-8-17-18-14(9)11/h3-5,10,12H,2,6-8H2,1H3,(H,15,16)/t10-,12+/m0/s1. The van der Waals surface area contributed by atoms with Crippen LogP contribution in [0, 0.1) is 5.92 Å². The largest absolute Gasteiger partial charge is 0.356 e. The molecule has 18 heavy (non-hydrogen) atoms. The molecule has 0 saturated heterocycles. The first-order valence-electron chi connectivity index (χ1n) is 6.47. The Balaban J connectivity index is 1.64. The van der Waals surface area contributed by atoms with Crippen molar-refractivity contribution >= 4 is 5.91 Å². The lowest BCUT2D eigenvalue weighted by molar-refractivity contribution is -0.195. The van der Waals surface area contributed by atoms with E-state index < -0.39 is 0 Å². The van der Waals surface area contributed by atoms with E-state index in [4.69, 9.17) is 9.78 Å². The Morgan fingerprint density at radius 3 is 3.22 bits per heavy atom. The van der Waals surface area contributed by atoms with E-state index in [-0.39, 0.29) is 5.91 Å². The Labute approximate surface area is 106 Å². The van der Waals surface area contributed by atoms with Gasteiger partial charge in [-0.25, -0.2) is 0 Å². The second-order valence-corrected chi connectivity index (χ2v) is 4.94. The molecule has 0 aromatic heterocycles. The molecule has 1 aliphatic carbocycles. The highest BCUT2D eigenvalue weighted by atomic mass is 17.2. The van der Waals surface area contributed by atoms with Crippen molar-refractivity contribution in [1.82, 2.24) is 5.32 Å². The van der Waals surface area contributed by atoms with E-state index >= 15 is 0 Å². The van der Waals surface area contributed by atoms with E-state index in [9.17, 15) is 4.79 Å². The number of benzene rings is 1. The molecule has 1 amide bonds. The van der Waals surface area contributed by atoms with E-state index in [2.05, 4.69) is 11.4 Å². The lowest BCUT2D eigenvalue weighted by Gasteiger charge is -2.06. The van der Waals surface area contributed by atoms with Gasteiger partial charge in [0.2, 0.25) is 5.91 Å². The maximum Gasteiger partial charge on any atom is 0.219 e. The molecule has 1 saturated carbocycles. The quantitative estimate of drug-likeness (QED) is 0.829. The number of nitrogens with one attached hydrogen (secondary N) is 1. The van der Waals surface area contributed by atoms with E-state index in [0.29, 0.717) is 24.9 Å². The SMILES string of the molecule is CCC(=O)NC[C@@H]1C[C@H]1c1cccc2c1OOC2. The number of hydrogen-bond donors (Lipinski definition) is 1. The van der Waals surface area contributed by atoms with Crippen LogP contribution in [0.25, 0.3) is 0 Å². The number of fused-ring (bicyclic) bond motifs is 1. The molecule has 1 aromatic carbocycles. The lowest BCUT2D eigenvalue weighted by atomic mass is 10.0. The molecular weight excluding hydrogens is 230 g/mol. The summed E-state index contributed by atoms with van der Waals surface area (Å²) < 4.78 is 0. The highest BCUT2D eigenvalue weighted by Crippen LogP contribution is 2.51. The first-order valence-corrected chi connectivity index (χ1v) is 6.47. The minimum absolute atomic E-state index is 0.124. The van der Waals surface area contributed by atoms with Crippen LogP contribution in [0.1, 0.15) is 36.8 Å². The number of carbonyl (C=O) groups is 1. The fraction of sp³-hybridized carbons (Fsp3) is 0.500. The maximum atomic E-state index is 11.2. The minimum atomic E-state index is 0.124. The van der Waals surface area contributed by atoms with Crippen LogP contribution in [-0.4, -0.2) is 12.5 Å². The van der Waals surface area contributed by atoms with Gasteiger partial charge in [-0.15, -0.1) is 0 Å². The molecule has 1 heterocycles. The molecule has 2 atom stereocenters. The van der Waals surface area contributed by atoms with Gasteiger partial charge < -0.3 is 10.2 Å². The summed E-state index contributed by atoms with van der Waals surface area (Å²) in [6, 6.07) is 6.17. The Hall–Kier alpha value is -1.55. The van der Waals surface area contributed by atoms with Crippen molar-refractivity contribution in [2.24, 2.45) is 5.92 Å². The second kappa shape index (κ2) is 4.61. The van der Waals surface area contributed by atoms with Crippen molar-refractivity contribution in [1.29, 1.82) is 0 Å². The Morgan fingerprint density at radius 1 is 1.50 bits per heavy atom. The Kier molecular flexibility index (Phi) is 2.96. The molecule has 2 aliphatic rings. The Bertz CT molecular complexity index is 472. The van der Waals surface area contributed by atoms with Crippen molar-refractivity contribution < 1.29 is 14.6 Å². The average Bonchev–Trinajstić information content (AvgIpc) is 3.00. The number of para-hydroxylation sites is 1. The third-order valence-electron chi connectivity index (χ3n) is 3.69. The van der Waals surface area contributed by atoms with Crippen molar-refractivity contribution in [2.75, 3.05) is 6.54 Å². The van der Waals surface area contributed by atoms with Crippen LogP contribution >= 0.6 is 0 Å². The van der Waals surface area contributed by atoms with Gasteiger partial charge in [0.05, 0.1) is 0 Å². The summed E-state index contributed by atoms with van der Waals surface area (Å²) in [6.45, 7) is 3.17. The zero-order valence-electron chi connectivity index (χ0n) is 10.4. The normalized spacial score (nSPS) is 24.3. The molecule has 0 bridgehead atoms. The van der Waals surface area contributed by atoms with E-state index in [1.165, 1.54) is 5.56 Å². The maximum absolute atomic E-state index is 11.2. The van der Waals surface area contributed by atoms with Crippen molar-refractivity contribution in [3.8, 4) is 5.75 Å². The molecule has 1 aromatic rings. The van der Waals surface area contributed by atoms with Crippen LogP contribution in [0.4, 0.5) is 0 Å². The molecule has 0 unspecified atom stereocenters. The highest BCUT2D eigenvalue weighted by molar-refractivity contribution is 5.75. The Morgan fingerprint density at radius 2 is 2.39 bits per heavy atom. The van der Waals surface area contributed by atoms with Crippen LogP contribution in [0.5, 0.6) is 5.75 Å². The van der Waals surface area contributed by atoms with E-state index in [1.807, 2.05) is 19.1 Å². The molecule has 4 nitrogen and oxygen atoms in total. The monoisotopic (exact) mass is 247 g/mol. The zero-order chi connectivity index (χ0) is 12.5. The van der Waals surface area contributed by atoms with Gasteiger partial charge >= 0.3 is 0 Å². The summed E-state index contributed by atoms with van der Waals surface area (Å²) in [7, 11) is 0. The summed E-state index contributed by atoms with van der Waals surface area (Å²) in [5.41, 5.74) is 2.34. The van der Waals surface area contributed by atoms with Gasteiger partial charge in [0.1, 0.15) is 6.61 Å². The molecular formula is C14H17NO3. The third-order valence-corrected chi connectivity index (χ3v) is 3.69. The number of hydrogen-bond acceptors (Lipinski definition) is 3. The summed E-state index contributed by atoms with van der Waals surface area (Å²) in [5.74, 6) is 2.06. The summed E-state index contributed by atoms with van der Waals surface area (Å²) >= 11 is 0. The topological polar surface area (TPSA) is 47.6 Å². The molecule has 1 N–H and O–H groups in total. The minimum Gasteiger partial charge on any atom is -0.356 e. The van der Waals surface area contributed by atoms with Crippen molar-refractivity contribution in [3.63, 3.8) is 0 Å². The number of rotatable bonds is 4. The summed E-state index contributed by atoms with van der Waals surface area (Å²) in [6.07, 6.45) is 1.67. The highest BCUT2D eigenvalue weighted by Gasteiger charge is 2.41. The van der Waals surface area contributed by atoms with Crippen LogP contribution in [0.2, 0.25) is 0 Å². The third kappa shape index (κ3) is 2.08. The van der Waals surface area contributed by atoms with Gasteiger partial charge in [-0.3, -0.25) is 4.79 Å². The number of carbonyl (C=O) groups excluding carboxylic acids is 1. The van der Waals surface area contributed by atoms with Crippen molar-refractivity contribution in [2.45, 2.75) is 32.3 Å². The molecule has 1 fully saturated rings. The average molecular weight is 247 g/mol. The molecule has 0 spiro atoms. The summed E-state index contributed by atoms with van der Waals surface area (Å²) in [4.78, 5) is 21.5. The van der Waals surface area contributed by atoms with Crippen LogP contribution in [0.15, 0.2) is 18.2 Å². The first kappa shape index (κ1) is 11.5. The van der Waals surface area contributed by atoms with E-state index in [1.54, 1.807) is 0 Å². The summed E-state index contributed by atoms with van der Waals surface area (Å²) in [5, 5.41) is 2.95. The lowest BCUT2D eigenvalue weighted by Crippen LogP contribution is -2.24. The molecule has 4 heteroatoms. The molecule has 3 rings (SSSR count). The predicted octanol–water partition coefficient (Wildman–Crippen LogP) is 2.14. The molecule has 0 radical (unpaired) electrons. The van der Waals surface area contributed by atoms with Gasteiger partial charge in [0.25, 0.3) is 0 Å². The van der Waals surface area contributed by atoms with Gasteiger partial charge in [-0.1, -0.05) is 25.1 Å². The predicted molar refractivity (Wildman–Crippen MR) is 66.0 cm³/mol.